The van der Waals surface area contributed by atoms with E-state index in [1.54, 1.807) is 13.0 Å². The average Bonchev–Trinajstić information content (AvgIpc) is 2.19. The lowest BCUT2D eigenvalue weighted by Gasteiger charge is -2.24. The van der Waals surface area contributed by atoms with Crippen molar-refractivity contribution < 1.29 is 4.39 Å². The zero-order chi connectivity index (χ0) is 12.0. The van der Waals surface area contributed by atoms with Crippen LogP contribution < -0.4 is 0 Å². The van der Waals surface area contributed by atoms with Gasteiger partial charge in [-0.2, -0.15) is 0 Å². The van der Waals surface area contributed by atoms with Crippen LogP contribution in [0.4, 0.5) is 4.39 Å². The zero-order valence-corrected chi connectivity index (χ0v) is 10.3. The van der Waals surface area contributed by atoms with E-state index in [4.69, 9.17) is 11.6 Å². The second-order valence-electron chi connectivity index (χ2n) is 4.62. The Morgan fingerprint density at radius 3 is 2.71 bits per heavy atom. The molecule has 88 valence electrons. The van der Waals surface area contributed by atoms with E-state index >= 15 is 0 Å². The van der Waals surface area contributed by atoms with Crippen LogP contribution in [0.5, 0.6) is 0 Å². The summed E-state index contributed by atoms with van der Waals surface area (Å²) < 4.78 is 13.5. The molecule has 1 heterocycles. The molecule has 0 radical (unpaired) electrons. The molecule has 2 nitrogen and oxygen atoms in total. The predicted molar refractivity (Wildman–Crippen MR) is 65.8 cm³/mol. The van der Waals surface area contributed by atoms with Gasteiger partial charge in [-0.3, -0.25) is 0 Å². The second kappa shape index (κ2) is 3.91. The van der Waals surface area contributed by atoms with Gasteiger partial charge in [-0.15, -0.1) is 0 Å². The molecule has 0 bridgehead atoms. The van der Waals surface area contributed by atoms with Crippen LogP contribution >= 0.6 is 11.6 Å². The number of benzene rings is 1. The number of aryl methyl sites for hydroxylation is 1. The highest BCUT2D eigenvalue weighted by Crippen LogP contribution is 2.36. The van der Waals surface area contributed by atoms with Gasteiger partial charge in [0.05, 0.1) is 5.52 Å². The third kappa shape index (κ3) is 1.78. The van der Waals surface area contributed by atoms with Crippen molar-refractivity contribution in [2.45, 2.75) is 32.1 Å². The Morgan fingerprint density at radius 2 is 2.06 bits per heavy atom. The molecule has 0 amide bonds. The minimum atomic E-state index is -0.244. The van der Waals surface area contributed by atoms with Gasteiger partial charge in [0.25, 0.3) is 0 Å². The van der Waals surface area contributed by atoms with E-state index in [2.05, 4.69) is 9.97 Å². The summed E-state index contributed by atoms with van der Waals surface area (Å²) in [5.41, 5.74) is 1.18. The molecule has 0 unspecified atom stereocenters. The molecule has 3 rings (SSSR count). The topological polar surface area (TPSA) is 25.8 Å². The van der Waals surface area contributed by atoms with Gasteiger partial charge in [-0.1, -0.05) is 18.0 Å². The van der Waals surface area contributed by atoms with Crippen LogP contribution in [0.3, 0.4) is 0 Å². The molecule has 4 heteroatoms. The lowest BCUT2D eigenvalue weighted by atomic mass is 9.85. The first-order chi connectivity index (χ1) is 8.15. The molecule has 1 fully saturated rings. The minimum absolute atomic E-state index is 0.244. The quantitative estimate of drug-likeness (QED) is 0.715. The van der Waals surface area contributed by atoms with Crippen LogP contribution in [-0.2, 0) is 0 Å². The maximum Gasteiger partial charge on any atom is 0.140 e. The normalized spacial score (nSPS) is 16.2. The van der Waals surface area contributed by atoms with Gasteiger partial charge in [0.2, 0.25) is 0 Å². The molecular weight excluding hydrogens is 239 g/mol. The molecule has 1 aliphatic rings. The van der Waals surface area contributed by atoms with Crippen molar-refractivity contribution in [3.63, 3.8) is 0 Å². The van der Waals surface area contributed by atoms with Crippen LogP contribution in [0.2, 0.25) is 5.15 Å². The van der Waals surface area contributed by atoms with Crippen molar-refractivity contribution in [1.29, 1.82) is 0 Å². The summed E-state index contributed by atoms with van der Waals surface area (Å²) in [6.07, 6.45) is 3.43. The summed E-state index contributed by atoms with van der Waals surface area (Å²) in [5.74, 6) is 0.921. The number of aromatic nitrogens is 2. The van der Waals surface area contributed by atoms with Crippen molar-refractivity contribution in [2.75, 3.05) is 0 Å². The number of rotatable bonds is 1. The Balaban J connectivity index is 2.20. The molecule has 1 saturated carbocycles. The van der Waals surface area contributed by atoms with E-state index in [1.807, 2.05) is 0 Å². The first kappa shape index (κ1) is 10.9. The zero-order valence-electron chi connectivity index (χ0n) is 9.50. The SMILES string of the molecule is Cc1cc2c(Cl)nc(C3CCC3)nc2cc1F. The lowest BCUT2D eigenvalue weighted by molar-refractivity contribution is 0.402. The molecule has 0 spiro atoms. The van der Waals surface area contributed by atoms with Crippen molar-refractivity contribution in [1.82, 2.24) is 9.97 Å². The Morgan fingerprint density at radius 1 is 1.29 bits per heavy atom. The minimum Gasteiger partial charge on any atom is -0.232 e. The van der Waals surface area contributed by atoms with Crippen LogP contribution in [-0.4, -0.2) is 9.97 Å². The highest BCUT2D eigenvalue weighted by molar-refractivity contribution is 6.34. The molecule has 1 aromatic heterocycles. The maximum absolute atomic E-state index is 13.5. The molecular formula is C13H12ClFN2. The summed E-state index contributed by atoms with van der Waals surface area (Å²) >= 11 is 6.14. The van der Waals surface area contributed by atoms with Gasteiger partial charge >= 0.3 is 0 Å². The van der Waals surface area contributed by atoms with Gasteiger partial charge in [0.15, 0.2) is 0 Å². The largest absolute Gasteiger partial charge is 0.232 e. The predicted octanol–water partition coefficient (Wildman–Crippen LogP) is 4.00. The standard InChI is InChI=1S/C13H12ClFN2/c1-7-5-9-11(6-10(7)15)16-13(17-12(9)14)8-3-2-4-8/h5-6,8H,2-4H2,1H3. The Kier molecular flexibility index (Phi) is 2.51. The fourth-order valence-corrected chi connectivity index (χ4v) is 2.32. The maximum atomic E-state index is 13.5. The molecule has 2 aromatic rings. The molecule has 0 saturated heterocycles. The van der Waals surface area contributed by atoms with Crippen LogP contribution in [0.1, 0.15) is 36.6 Å². The third-order valence-electron chi connectivity index (χ3n) is 3.42. The number of hydrogen-bond acceptors (Lipinski definition) is 2. The van der Waals surface area contributed by atoms with Gasteiger partial charge in [-0.05, 0) is 31.4 Å². The Bertz CT molecular complexity index is 593. The van der Waals surface area contributed by atoms with Crippen molar-refractivity contribution in [3.8, 4) is 0 Å². The molecule has 1 aliphatic carbocycles. The number of halogens is 2. The molecule has 1 aromatic carbocycles. The number of fused-ring (bicyclic) bond motifs is 1. The summed E-state index contributed by atoms with van der Waals surface area (Å²) in [6, 6.07) is 3.15. The van der Waals surface area contributed by atoms with Gasteiger partial charge in [0, 0.05) is 17.4 Å². The Hall–Kier alpha value is -1.22. The van der Waals surface area contributed by atoms with Crippen LogP contribution in [0.15, 0.2) is 12.1 Å². The fourth-order valence-electron chi connectivity index (χ4n) is 2.09. The number of hydrogen-bond donors (Lipinski definition) is 0. The van der Waals surface area contributed by atoms with Crippen molar-refractivity contribution in [3.05, 3.63) is 34.5 Å². The molecule has 0 atom stereocenters. The Labute approximate surface area is 104 Å². The van der Waals surface area contributed by atoms with E-state index < -0.39 is 0 Å². The van der Waals surface area contributed by atoms with Gasteiger partial charge < -0.3 is 0 Å². The number of nitrogens with zero attached hydrogens (tertiary/aromatic N) is 2. The second-order valence-corrected chi connectivity index (χ2v) is 4.98. The van der Waals surface area contributed by atoms with Crippen molar-refractivity contribution >= 4 is 22.5 Å². The van der Waals surface area contributed by atoms with E-state index in [0.29, 0.717) is 22.2 Å². The van der Waals surface area contributed by atoms with Gasteiger partial charge in [0.1, 0.15) is 16.8 Å². The first-order valence-corrected chi connectivity index (χ1v) is 6.16. The highest BCUT2D eigenvalue weighted by Gasteiger charge is 2.23. The third-order valence-corrected chi connectivity index (χ3v) is 3.71. The molecule has 17 heavy (non-hydrogen) atoms. The average molecular weight is 251 g/mol. The lowest BCUT2D eigenvalue weighted by Crippen LogP contribution is -2.12. The fraction of sp³-hybridized carbons (Fsp3) is 0.385. The van der Waals surface area contributed by atoms with Crippen molar-refractivity contribution in [2.24, 2.45) is 0 Å². The molecule has 0 aliphatic heterocycles. The first-order valence-electron chi connectivity index (χ1n) is 5.78. The van der Waals surface area contributed by atoms with E-state index in [0.717, 1.165) is 24.1 Å². The summed E-state index contributed by atoms with van der Waals surface area (Å²) in [7, 11) is 0. The molecule has 0 N–H and O–H groups in total. The van der Waals surface area contributed by atoms with E-state index in [1.165, 1.54) is 12.5 Å². The van der Waals surface area contributed by atoms with E-state index in [-0.39, 0.29) is 5.82 Å². The summed E-state index contributed by atoms with van der Waals surface area (Å²) in [4.78, 5) is 8.75. The van der Waals surface area contributed by atoms with E-state index in [9.17, 15) is 4.39 Å². The van der Waals surface area contributed by atoms with Gasteiger partial charge in [-0.25, -0.2) is 14.4 Å². The summed E-state index contributed by atoms with van der Waals surface area (Å²) in [5, 5.41) is 1.16. The smallest absolute Gasteiger partial charge is 0.140 e. The van der Waals surface area contributed by atoms with Crippen LogP contribution in [0.25, 0.3) is 10.9 Å². The summed E-state index contributed by atoms with van der Waals surface area (Å²) in [6.45, 7) is 1.71. The monoisotopic (exact) mass is 250 g/mol. The van der Waals surface area contributed by atoms with Crippen LogP contribution in [0, 0.1) is 12.7 Å². The highest BCUT2D eigenvalue weighted by atomic mass is 35.5.